The van der Waals surface area contributed by atoms with Crippen LogP contribution in [0.3, 0.4) is 0 Å². The summed E-state index contributed by atoms with van der Waals surface area (Å²) in [6.07, 6.45) is 8.43. The van der Waals surface area contributed by atoms with Crippen LogP contribution < -0.4 is 5.32 Å². The molecule has 1 N–H and O–H groups in total. The molecule has 94 valence electrons. The molecule has 0 saturated carbocycles. The maximum absolute atomic E-state index is 11.5. The summed E-state index contributed by atoms with van der Waals surface area (Å²) in [5.41, 5.74) is 1.05. The van der Waals surface area contributed by atoms with Gasteiger partial charge in [-0.15, -0.1) is 11.3 Å². The van der Waals surface area contributed by atoms with Gasteiger partial charge in [0.15, 0.2) is 0 Å². The Morgan fingerprint density at radius 2 is 2.50 bits per heavy atom. The van der Waals surface area contributed by atoms with Crippen molar-refractivity contribution in [3.05, 3.63) is 46.5 Å². The summed E-state index contributed by atoms with van der Waals surface area (Å²) >= 11 is 1.61. The van der Waals surface area contributed by atoms with Crippen LogP contribution in [0.15, 0.2) is 40.6 Å². The third-order valence-corrected chi connectivity index (χ3v) is 3.20. The largest absolute Gasteiger partial charge is 0.364 e. The van der Waals surface area contributed by atoms with Gasteiger partial charge in [0.2, 0.25) is 5.91 Å². The predicted molar refractivity (Wildman–Crippen MR) is 71.2 cm³/mol. The van der Waals surface area contributed by atoms with Gasteiger partial charge in [-0.1, -0.05) is 11.2 Å². The minimum absolute atomic E-state index is 0.0614. The van der Waals surface area contributed by atoms with Crippen LogP contribution in [0.1, 0.15) is 16.9 Å². The van der Waals surface area contributed by atoms with Gasteiger partial charge < -0.3 is 9.84 Å². The van der Waals surface area contributed by atoms with E-state index in [4.69, 9.17) is 4.52 Å². The number of thiophene rings is 1. The number of rotatable bonds is 6. The highest BCUT2D eigenvalue weighted by Gasteiger charge is 1.98. The second kappa shape index (κ2) is 6.76. The van der Waals surface area contributed by atoms with Crippen molar-refractivity contribution < 1.29 is 9.32 Å². The minimum atomic E-state index is -0.0614. The van der Waals surface area contributed by atoms with E-state index in [1.165, 1.54) is 0 Å². The summed E-state index contributed by atoms with van der Waals surface area (Å²) < 4.78 is 4.73. The lowest BCUT2D eigenvalue weighted by Crippen LogP contribution is -2.22. The molecule has 0 aliphatic rings. The number of hydrogen-bond acceptors (Lipinski definition) is 4. The fourth-order valence-electron chi connectivity index (χ4n) is 1.46. The van der Waals surface area contributed by atoms with Gasteiger partial charge in [0.25, 0.3) is 0 Å². The number of nitrogens with one attached hydrogen (secondary N) is 1. The zero-order valence-electron chi connectivity index (χ0n) is 9.83. The van der Waals surface area contributed by atoms with E-state index in [-0.39, 0.29) is 5.91 Å². The Labute approximate surface area is 109 Å². The maximum Gasteiger partial charge on any atom is 0.244 e. The fraction of sp³-hybridized carbons (Fsp3) is 0.231. The maximum atomic E-state index is 11.5. The molecule has 18 heavy (non-hydrogen) atoms. The van der Waals surface area contributed by atoms with E-state index >= 15 is 0 Å². The summed E-state index contributed by atoms with van der Waals surface area (Å²) in [7, 11) is 0. The summed E-state index contributed by atoms with van der Waals surface area (Å²) in [5, 5.41) is 8.44. The zero-order valence-corrected chi connectivity index (χ0v) is 10.7. The number of amides is 1. The molecule has 0 aromatic carbocycles. The Morgan fingerprint density at radius 3 is 3.22 bits per heavy atom. The molecule has 0 radical (unpaired) electrons. The Kier molecular flexibility index (Phi) is 4.72. The number of hydrogen-bond donors (Lipinski definition) is 1. The molecule has 1 amide bonds. The van der Waals surface area contributed by atoms with E-state index in [0.717, 1.165) is 23.3 Å². The third-order valence-electron chi connectivity index (χ3n) is 2.37. The predicted octanol–water partition coefficient (Wildman–Crippen LogP) is 2.50. The first-order valence-corrected chi connectivity index (χ1v) is 6.60. The van der Waals surface area contributed by atoms with Crippen molar-refractivity contribution in [3.63, 3.8) is 0 Å². The smallest absolute Gasteiger partial charge is 0.244 e. The molecule has 0 spiro atoms. The monoisotopic (exact) mass is 262 g/mol. The van der Waals surface area contributed by atoms with Gasteiger partial charge in [0.05, 0.1) is 6.20 Å². The van der Waals surface area contributed by atoms with Crippen LogP contribution in [0.2, 0.25) is 0 Å². The highest BCUT2D eigenvalue weighted by Crippen LogP contribution is 2.09. The molecule has 0 atom stereocenters. The first-order chi connectivity index (χ1) is 8.84. The molecule has 2 rings (SSSR count). The Morgan fingerprint density at radius 1 is 1.56 bits per heavy atom. The quantitative estimate of drug-likeness (QED) is 0.643. The first-order valence-electron chi connectivity index (χ1n) is 5.72. The third kappa shape index (κ3) is 4.18. The average molecular weight is 262 g/mol. The van der Waals surface area contributed by atoms with Crippen LogP contribution in [-0.4, -0.2) is 17.6 Å². The molecule has 2 aromatic heterocycles. The number of carbonyl (C=O) groups excluding carboxylic acids is 1. The van der Waals surface area contributed by atoms with Crippen LogP contribution in [0, 0.1) is 0 Å². The molecule has 0 aliphatic heterocycles. The summed E-state index contributed by atoms with van der Waals surface area (Å²) in [4.78, 5) is 12.6. The van der Waals surface area contributed by atoms with Gasteiger partial charge in [-0.25, -0.2) is 0 Å². The number of nitrogens with zero attached hydrogens (tertiary/aromatic N) is 1. The van der Waals surface area contributed by atoms with E-state index in [1.54, 1.807) is 29.9 Å². The van der Waals surface area contributed by atoms with Crippen LogP contribution in [0.5, 0.6) is 0 Å². The Bertz CT molecular complexity index is 489. The van der Waals surface area contributed by atoms with E-state index in [1.807, 2.05) is 23.6 Å². The molecule has 0 saturated heterocycles. The lowest BCUT2D eigenvalue weighted by Gasteiger charge is -2.00. The molecule has 5 heteroatoms. The lowest BCUT2D eigenvalue weighted by molar-refractivity contribution is -0.116. The van der Waals surface area contributed by atoms with Crippen LogP contribution >= 0.6 is 11.3 Å². The SMILES string of the molecule is O=C(/C=C/c1cccs1)NCCCc1cnoc1. The van der Waals surface area contributed by atoms with E-state index in [9.17, 15) is 4.79 Å². The summed E-state index contributed by atoms with van der Waals surface area (Å²) in [6, 6.07) is 3.93. The van der Waals surface area contributed by atoms with Crippen molar-refractivity contribution in [2.45, 2.75) is 12.8 Å². The standard InChI is InChI=1S/C13H14N2O2S/c16-13(6-5-12-4-2-8-18-12)14-7-1-3-11-9-15-17-10-11/h2,4-6,8-10H,1,3,7H2,(H,14,16)/b6-5+. The second-order valence-corrected chi connectivity index (χ2v) is 4.76. The van der Waals surface area contributed by atoms with Crippen LogP contribution in [-0.2, 0) is 11.2 Å². The molecule has 0 fully saturated rings. The van der Waals surface area contributed by atoms with Crippen LogP contribution in [0.4, 0.5) is 0 Å². The van der Waals surface area contributed by atoms with Gasteiger partial charge in [-0.2, -0.15) is 0 Å². The van der Waals surface area contributed by atoms with Crippen molar-refractivity contribution in [2.75, 3.05) is 6.54 Å². The van der Waals surface area contributed by atoms with Crippen molar-refractivity contribution in [1.29, 1.82) is 0 Å². The van der Waals surface area contributed by atoms with E-state index in [0.29, 0.717) is 6.54 Å². The minimum Gasteiger partial charge on any atom is -0.364 e. The van der Waals surface area contributed by atoms with Gasteiger partial charge in [-0.3, -0.25) is 4.79 Å². The van der Waals surface area contributed by atoms with Gasteiger partial charge >= 0.3 is 0 Å². The average Bonchev–Trinajstić information content (AvgIpc) is 3.04. The molecular formula is C13H14N2O2S. The molecule has 0 unspecified atom stereocenters. The molecular weight excluding hydrogens is 248 g/mol. The number of aromatic nitrogens is 1. The van der Waals surface area contributed by atoms with E-state index in [2.05, 4.69) is 10.5 Å². The molecule has 0 aliphatic carbocycles. The van der Waals surface area contributed by atoms with Crippen molar-refractivity contribution in [1.82, 2.24) is 10.5 Å². The summed E-state index contributed by atoms with van der Waals surface area (Å²) in [5.74, 6) is -0.0614. The topological polar surface area (TPSA) is 55.1 Å². The molecule has 0 bridgehead atoms. The molecule has 2 aromatic rings. The van der Waals surface area contributed by atoms with E-state index < -0.39 is 0 Å². The van der Waals surface area contributed by atoms with Crippen molar-refractivity contribution >= 4 is 23.3 Å². The Balaban J connectivity index is 1.63. The van der Waals surface area contributed by atoms with Crippen molar-refractivity contribution in [3.8, 4) is 0 Å². The fourth-order valence-corrected chi connectivity index (χ4v) is 2.08. The van der Waals surface area contributed by atoms with Crippen molar-refractivity contribution in [2.24, 2.45) is 0 Å². The summed E-state index contributed by atoms with van der Waals surface area (Å²) in [6.45, 7) is 0.652. The van der Waals surface area contributed by atoms with Gasteiger partial charge in [0.1, 0.15) is 6.26 Å². The molecule has 2 heterocycles. The highest BCUT2D eigenvalue weighted by atomic mass is 32.1. The first kappa shape index (κ1) is 12.6. The Hall–Kier alpha value is -1.88. The highest BCUT2D eigenvalue weighted by molar-refractivity contribution is 7.10. The lowest BCUT2D eigenvalue weighted by atomic mass is 10.2. The van der Waals surface area contributed by atoms with Crippen LogP contribution in [0.25, 0.3) is 6.08 Å². The zero-order chi connectivity index (χ0) is 12.6. The second-order valence-electron chi connectivity index (χ2n) is 3.78. The normalized spacial score (nSPS) is 10.9. The molecule has 4 nitrogen and oxygen atoms in total. The van der Waals surface area contributed by atoms with Gasteiger partial charge in [-0.05, 0) is 30.4 Å². The number of carbonyl (C=O) groups is 1. The van der Waals surface area contributed by atoms with Gasteiger partial charge in [0, 0.05) is 23.1 Å². The number of aryl methyl sites for hydroxylation is 1.